The molecule has 1 fully saturated rings. The van der Waals surface area contributed by atoms with E-state index in [2.05, 4.69) is 11.0 Å². The van der Waals surface area contributed by atoms with Crippen LogP contribution in [0.4, 0.5) is 11.4 Å². The molecular weight excluding hydrogens is 352 g/mol. The number of nitrogens with one attached hydrogen (secondary N) is 1. The van der Waals surface area contributed by atoms with Crippen LogP contribution in [0.15, 0.2) is 48.7 Å². The summed E-state index contributed by atoms with van der Waals surface area (Å²) in [4.78, 5) is 17.5. The SMILES string of the molecule is COc1ccc2c(c1)N(C)C1(CCN(c3ccc(/C(C=N)=C/N)cc3)C1=O)C2. The molecule has 1 spiro atoms. The quantitative estimate of drug-likeness (QED) is 0.804. The van der Waals surface area contributed by atoms with Gasteiger partial charge in [-0.25, -0.2) is 0 Å². The molecule has 1 atom stereocenters. The van der Waals surface area contributed by atoms with E-state index in [1.165, 1.54) is 18.0 Å². The standard InChI is InChI=1S/C22H24N4O2/c1-25-20-11-19(28-2)8-5-16(20)12-22(25)9-10-26(21(22)27)18-6-3-15(4-7-18)17(13-23)14-24/h3-8,11,13-14,23H,9-10,12,24H2,1-2H3/b17-14+,23-13?. The van der Waals surface area contributed by atoms with Crippen molar-refractivity contribution in [2.24, 2.45) is 5.73 Å². The van der Waals surface area contributed by atoms with Crippen LogP contribution >= 0.6 is 0 Å². The summed E-state index contributed by atoms with van der Waals surface area (Å²) in [5, 5.41) is 7.42. The number of amides is 1. The number of hydrogen-bond acceptors (Lipinski definition) is 5. The topological polar surface area (TPSA) is 82.7 Å². The molecule has 6 heteroatoms. The Balaban J connectivity index is 1.61. The second-order valence-corrected chi connectivity index (χ2v) is 7.28. The lowest BCUT2D eigenvalue weighted by Gasteiger charge is -2.32. The zero-order chi connectivity index (χ0) is 19.9. The average Bonchev–Trinajstić information content (AvgIpc) is 3.21. The van der Waals surface area contributed by atoms with Gasteiger partial charge in [0.15, 0.2) is 0 Å². The predicted octanol–water partition coefficient (Wildman–Crippen LogP) is 2.81. The molecule has 2 heterocycles. The molecule has 0 bridgehead atoms. The number of rotatable bonds is 4. The molecule has 6 nitrogen and oxygen atoms in total. The first-order chi connectivity index (χ1) is 13.5. The van der Waals surface area contributed by atoms with Crippen LogP contribution < -0.4 is 20.3 Å². The van der Waals surface area contributed by atoms with Crippen molar-refractivity contribution in [1.82, 2.24) is 0 Å². The van der Waals surface area contributed by atoms with Crippen LogP contribution in [0.2, 0.25) is 0 Å². The van der Waals surface area contributed by atoms with Crippen molar-refractivity contribution >= 4 is 29.1 Å². The molecular formula is C22H24N4O2. The number of likely N-dealkylation sites (N-methyl/N-ethyl adjacent to an activating group) is 1. The number of carbonyl (C=O) groups excluding carboxylic acids is 1. The Hall–Kier alpha value is -3.28. The molecule has 28 heavy (non-hydrogen) atoms. The molecule has 0 saturated carbocycles. The lowest BCUT2D eigenvalue weighted by atomic mass is 9.92. The first-order valence-electron chi connectivity index (χ1n) is 9.29. The molecule has 0 aromatic heterocycles. The summed E-state index contributed by atoms with van der Waals surface area (Å²) < 4.78 is 5.35. The number of nitrogens with zero attached hydrogens (tertiary/aromatic N) is 2. The van der Waals surface area contributed by atoms with Crippen molar-refractivity contribution in [3.05, 3.63) is 59.8 Å². The Morgan fingerprint density at radius 2 is 2.00 bits per heavy atom. The van der Waals surface area contributed by atoms with E-state index in [0.29, 0.717) is 18.5 Å². The molecule has 144 valence electrons. The number of nitrogens with two attached hydrogens (primary N) is 1. The second kappa shape index (κ2) is 6.71. The Kier molecular flexibility index (Phi) is 4.34. The lowest BCUT2D eigenvalue weighted by Crippen LogP contribution is -2.51. The maximum absolute atomic E-state index is 13.5. The highest BCUT2D eigenvalue weighted by Gasteiger charge is 2.54. The summed E-state index contributed by atoms with van der Waals surface area (Å²) in [6, 6.07) is 13.7. The molecule has 4 rings (SSSR count). The molecule has 1 saturated heterocycles. The summed E-state index contributed by atoms with van der Waals surface area (Å²) in [5.41, 5.74) is 9.65. The maximum atomic E-state index is 13.5. The molecule has 2 aliphatic heterocycles. The van der Waals surface area contributed by atoms with E-state index < -0.39 is 5.54 Å². The van der Waals surface area contributed by atoms with Crippen LogP contribution in [0, 0.1) is 5.41 Å². The van der Waals surface area contributed by atoms with Crippen molar-refractivity contribution in [3.63, 3.8) is 0 Å². The Morgan fingerprint density at radius 3 is 2.64 bits per heavy atom. The Labute approximate surface area is 164 Å². The van der Waals surface area contributed by atoms with Crippen molar-refractivity contribution in [2.75, 3.05) is 30.5 Å². The van der Waals surface area contributed by atoms with Gasteiger partial charge in [-0.05, 0) is 35.7 Å². The minimum Gasteiger partial charge on any atom is -0.497 e. The van der Waals surface area contributed by atoms with Gasteiger partial charge >= 0.3 is 0 Å². The third kappa shape index (κ3) is 2.56. The highest BCUT2D eigenvalue weighted by molar-refractivity contribution is 6.09. The summed E-state index contributed by atoms with van der Waals surface area (Å²) >= 11 is 0. The third-order valence-corrected chi connectivity index (χ3v) is 6.02. The van der Waals surface area contributed by atoms with E-state index >= 15 is 0 Å². The van der Waals surface area contributed by atoms with Crippen LogP contribution in [0.3, 0.4) is 0 Å². The normalized spacial score (nSPS) is 21.4. The van der Waals surface area contributed by atoms with E-state index in [0.717, 1.165) is 29.1 Å². The van der Waals surface area contributed by atoms with Gasteiger partial charge in [0.25, 0.3) is 5.91 Å². The molecule has 0 aliphatic carbocycles. The van der Waals surface area contributed by atoms with Gasteiger partial charge in [0.2, 0.25) is 0 Å². The number of hydrogen-bond donors (Lipinski definition) is 2. The van der Waals surface area contributed by atoms with E-state index in [9.17, 15) is 4.79 Å². The van der Waals surface area contributed by atoms with Gasteiger partial charge in [-0.3, -0.25) is 4.79 Å². The number of fused-ring (bicyclic) bond motifs is 1. The van der Waals surface area contributed by atoms with E-state index in [1.807, 2.05) is 48.3 Å². The van der Waals surface area contributed by atoms with Gasteiger partial charge < -0.3 is 25.7 Å². The molecule has 3 N–H and O–H groups in total. The Morgan fingerprint density at radius 1 is 1.25 bits per heavy atom. The smallest absolute Gasteiger partial charge is 0.253 e. The average molecular weight is 376 g/mol. The summed E-state index contributed by atoms with van der Waals surface area (Å²) in [6.45, 7) is 0.678. The molecule has 2 aromatic carbocycles. The van der Waals surface area contributed by atoms with Crippen LogP contribution in [0.5, 0.6) is 5.75 Å². The number of benzene rings is 2. The minimum atomic E-state index is -0.537. The van der Waals surface area contributed by atoms with Crippen LogP contribution in [0.25, 0.3) is 5.57 Å². The number of methoxy groups -OCH3 is 1. The summed E-state index contributed by atoms with van der Waals surface area (Å²) in [7, 11) is 3.65. The molecule has 1 unspecified atom stereocenters. The highest BCUT2D eigenvalue weighted by Crippen LogP contribution is 2.45. The maximum Gasteiger partial charge on any atom is 0.253 e. The first-order valence-corrected chi connectivity index (χ1v) is 9.29. The zero-order valence-electron chi connectivity index (χ0n) is 16.1. The van der Waals surface area contributed by atoms with Crippen molar-refractivity contribution in [3.8, 4) is 5.75 Å². The van der Waals surface area contributed by atoms with E-state index in [1.54, 1.807) is 7.11 Å². The summed E-state index contributed by atoms with van der Waals surface area (Å²) in [6.07, 6.45) is 4.13. The monoisotopic (exact) mass is 376 g/mol. The second-order valence-electron chi connectivity index (χ2n) is 7.28. The van der Waals surface area contributed by atoms with Crippen molar-refractivity contribution in [1.29, 1.82) is 5.41 Å². The number of anilines is 2. The fourth-order valence-electron chi connectivity index (χ4n) is 4.34. The number of carbonyl (C=O) groups is 1. The fraction of sp³-hybridized carbons (Fsp3) is 0.273. The molecule has 2 aromatic rings. The van der Waals surface area contributed by atoms with Crippen molar-refractivity contribution < 1.29 is 9.53 Å². The molecule has 1 amide bonds. The lowest BCUT2D eigenvalue weighted by molar-refractivity contribution is -0.121. The van der Waals surface area contributed by atoms with Crippen molar-refractivity contribution in [2.45, 2.75) is 18.4 Å². The Bertz CT molecular complexity index is 967. The van der Waals surface area contributed by atoms with E-state index in [-0.39, 0.29) is 5.91 Å². The van der Waals surface area contributed by atoms with Gasteiger partial charge in [-0.1, -0.05) is 18.2 Å². The van der Waals surface area contributed by atoms with Crippen LogP contribution in [0.1, 0.15) is 17.5 Å². The number of ether oxygens (including phenoxy) is 1. The molecule has 0 radical (unpaired) electrons. The van der Waals surface area contributed by atoms with Gasteiger partial charge in [-0.15, -0.1) is 0 Å². The fourth-order valence-corrected chi connectivity index (χ4v) is 4.34. The molecule has 2 aliphatic rings. The van der Waals surface area contributed by atoms with Gasteiger partial charge in [0, 0.05) is 55.4 Å². The predicted molar refractivity (Wildman–Crippen MR) is 112 cm³/mol. The van der Waals surface area contributed by atoms with Crippen LogP contribution in [-0.2, 0) is 11.2 Å². The summed E-state index contributed by atoms with van der Waals surface area (Å²) in [5.74, 6) is 0.926. The van der Waals surface area contributed by atoms with E-state index in [4.69, 9.17) is 15.9 Å². The van der Waals surface area contributed by atoms with Gasteiger partial charge in [0.05, 0.1) is 7.11 Å². The van der Waals surface area contributed by atoms with Crippen LogP contribution in [-0.4, -0.2) is 38.4 Å². The largest absolute Gasteiger partial charge is 0.497 e. The third-order valence-electron chi connectivity index (χ3n) is 6.02. The number of allylic oxidation sites excluding steroid dienone is 1. The first kappa shape index (κ1) is 18.1. The zero-order valence-corrected chi connectivity index (χ0v) is 16.1. The van der Waals surface area contributed by atoms with Gasteiger partial charge in [0.1, 0.15) is 11.3 Å². The minimum absolute atomic E-state index is 0.125. The van der Waals surface area contributed by atoms with Gasteiger partial charge in [-0.2, -0.15) is 0 Å². The highest BCUT2D eigenvalue weighted by atomic mass is 16.5.